The molecule has 90 valence electrons. The Morgan fingerprint density at radius 3 is 2.81 bits per heavy atom. The summed E-state index contributed by atoms with van der Waals surface area (Å²) in [6.07, 6.45) is 1.36. The van der Waals surface area contributed by atoms with Crippen LogP contribution in [0, 0.1) is 11.3 Å². The minimum absolute atomic E-state index is 0.235. The summed E-state index contributed by atoms with van der Waals surface area (Å²) in [4.78, 5) is 2.66. The molecular formula is C10H19N5O. The summed E-state index contributed by atoms with van der Waals surface area (Å²) in [6, 6.07) is 1.95. The lowest BCUT2D eigenvalue weighted by Crippen LogP contribution is -2.37. The number of ether oxygens (including phenoxy) is 1. The Hall–Kier alpha value is -1.28. The standard InChI is InChI=1S/C10H19N5O/c1-10(2,16-3)7-9(8-11)13-5-4-6-14-15-12/h9,13H,4-7H2,1-3H3. The molecule has 6 nitrogen and oxygen atoms in total. The molecule has 0 radical (unpaired) electrons. The van der Waals surface area contributed by atoms with Crippen LogP contribution in [0.1, 0.15) is 26.7 Å². The van der Waals surface area contributed by atoms with Crippen LogP contribution in [0.4, 0.5) is 0 Å². The third-order valence-corrected chi connectivity index (χ3v) is 2.29. The van der Waals surface area contributed by atoms with Crippen molar-refractivity contribution in [1.82, 2.24) is 5.32 Å². The maximum atomic E-state index is 8.94. The highest BCUT2D eigenvalue weighted by molar-refractivity contribution is 4.94. The molecule has 0 bridgehead atoms. The minimum Gasteiger partial charge on any atom is -0.379 e. The lowest BCUT2D eigenvalue weighted by molar-refractivity contribution is 0.0113. The first-order valence-corrected chi connectivity index (χ1v) is 5.24. The van der Waals surface area contributed by atoms with Gasteiger partial charge in [-0.2, -0.15) is 5.26 Å². The molecule has 0 saturated carbocycles. The number of hydrogen-bond acceptors (Lipinski definition) is 4. The Morgan fingerprint density at radius 1 is 1.62 bits per heavy atom. The first-order chi connectivity index (χ1) is 7.55. The van der Waals surface area contributed by atoms with Crippen LogP contribution in [0.15, 0.2) is 5.11 Å². The first-order valence-electron chi connectivity index (χ1n) is 5.24. The molecule has 0 fully saturated rings. The molecule has 0 heterocycles. The maximum Gasteiger partial charge on any atom is 0.0980 e. The number of hydrogen-bond donors (Lipinski definition) is 1. The molecule has 0 rings (SSSR count). The van der Waals surface area contributed by atoms with Crippen LogP contribution in [-0.4, -0.2) is 31.8 Å². The van der Waals surface area contributed by atoms with Crippen molar-refractivity contribution in [2.75, 3.05) is 20.2 Å². The van der Waals surface area contributed by atoms with Crippen molar-refractivity contribution in [3.63, 3.8) is 0 Å². The van der Waals surface area contributed by atoms with E-state index in [0.717, 1.165) is 6.42 Å². The summed E-state index contributed by atoms with van der Waals surface area (Å²) in [5.74, 6) is 0. The van der Waals surface area contributed by atoms with E-state index in [2.05, 4.69) is 21.4 Å². The van der Waals surface area contributed by atoms with Gasteiger partial charge in [-0.3, -0.25) is 0 Å². The smallest absolute Gasteiger partial charge is 0.0980 e. The number of nitrogens with zero attached hydrogens (tertiary/aromatic N) is 4. The van der Waals surface area contributed by atoms with Gasteiger partial charge in [0.25, 0.3) is 0 Å². The molecule has 0 amide bonds. The Bertz CT molecular complexity index is 277. The summed E-state index contributed by atoms with van der Waals surface area (Å²) in [5.41, 5.74) is 7.77. The van der Waals surface area contributed by atoms with Crippen LogP contribution >= 0.6 is 0 Å². The Labute approximate surface area is 96.2 Å². The number of nitriles is 1. The molecule has 0 aromatic heterocycles. The second-order valence-corrected chi connectivity index (χ2v) is 4.11. The normalized spacial score (nSPS) is 12.6. The molecule has 1 N–H and O–H groups in total. The van der Waals surface area contributed by atoms with E-state index < -0.39 is 0 Å². The molecule has 0 aromatic rings. The SMILES string of the molecule is COC(C)(C)CC(C#N)NCCCN=[N+]=[N-]. The van der Waals surface area contributed by atoms with Gasteiger partial charge in [-0.05, 0) is 32.3 Å². The van der Waals surface area contributed by atoms with Crippen LogP contribution in [0.2, 0.25) is 0 Å². The van der Waals surface area contributed by atoms with E-state index in [-0.39, 0.29) is 11.6 Å². The summed E-state index contributed by atoms with van der Waals surface area (Å²) < 4.78 is 5.26. The van der Waals surface area contributed by atoms with Gasteiger partial charge in [-0.1, -0.05) is 5.11 Å². The largest absolute Gasteiger partial charge is 0.379 e. The number of nitrogens with one attached hydrogen (secondary N) is 1. The molecule has 1 unspecified atom stereocenters. The van der Waals surface area contributed by atoms with Gasteiger partial charge in [0.2, 0.25) is 0 Å². The number of rotatable bonds is 8. The Morgan fingerprint density at radius 2 is 2.31 bits per heavy atom. The summed E-state index contributed by atoms with van der Waals surface area (Å²) in [7, 11) is 1.63. The molecule has 0 aliphatic heterocycles. The first kappa shape index (κ1) is 14.7. The second kappa shape index (κ2) is 7.94. The summed E-state index contributed by atoms with van der Waals surface area (Å²) in [5, 5.41) is 15.5. The maximum absolute atomic E-state index is 8.94. The molecule has 0 aromatic carbocycles. The molecule has 16 heavy (non-hydrogen) atoms. The average Bonchev–Trinajstić information content (AvgIpc) is 2.27. The minimum atomic E-state index is -0.307. The lowest BCUT2D eigenvalue weighted by Gasteiger charge is -2.25. The van der Waals surface area contributed by atoms with Crippen molar-refractivity contribution in [3.05, 3.63) is 10.4 Å². The second-order valence-electron chi connectivity index (χ2n) is 4.11. The van der Waals surface area contributed by atoms with Crippen LogP contribution in [0.25, 0.3) is 10.4 Å². The fourth-order valence-corrected chi connectivity index (χ4v) is 1.21. The van der Waals surface area contributed by atoms with Gasteiger partial charge < -0.3 is 10.1 Å². The van der Waals surface area contributed by atoms with Crippen LogP contribution in [0.5, 0.6) is 0 Å². The summed E-state index contributed by atoms with van der Waals surface area (Å²) >= 11 is 0. The van der Waals surface area contributed by atoms with Gasteiger partial charge in [-0.25, -0.2) is 0 Å². The van der Waals surface area contributed by atoms with Gasteiger partial charge in [0, 0.05) is 25.0 Å². The summed E-state index contributed by atoms with van der Waals surface area (Å²) in [6.45, 7) is 5.00. The molecule has 0 aliphatic carbocycles. The highest BCUT2D eigenvalue weighted by Gasteiger charge is 2.22. The lowest BCUT2D eigenvalue weighted by atomic mass is 9.99. The Balaban J connectivity index is 3.85. The third kappa shape index (κ3) is 7.07. The van der Waals surface area contributed by atoms with E-state index in [0.29, 0.717) is 19.5 Å². The van der Waals surface area contributed by atoms with E-state index in [9.17, 15) is 0 Å². The van der Waals surface area contributed by atoms with Crippen molar-refractivity contribution in [2.24, 2.45) is 5.11 Å². The van der Waals surface area contributed by atoms with Gasteiger partial charge in [-0.15, -0.1) is 0 Å². The van der Waals surface area contributed by atoms with Crippen LogP contribution < -0.4 is 5.32 Å². The zero-order valence-electron chi connectivity index (χ0n) is 10.1. The van der Waals surface area contributed by atoms with E-state index in [1.807, 2.05) is 13.8 Å². The van der Waals surface area contributed by atoms with Gasteiger partial charge >= 0.3 is 0 Å². The highest BCUT2D eigenvalue weighted by atomic mass is 16.5. The molecule has 1 atom stereocenters. The van der Waals surface area contributed by atoms with Crippen molar-refractivity contribution in [3.8, 4) is 6.07 Å². The van der Waals surface area contributed by atoms with E-state index in [1.54, 1.807) is 7.11 Å². The Kier molecular flexibility index (Phi) is 7.31. The molecule has 0 spiro atoms. The zero-order valence-corrected chi connectivity index (χ0v) is 10.1. The molecular weight excluding hydrogens is 206 g/mol. The molecule has 0 saturated heterocycles. The molecule has 6 heteroatoms. The van der Waals surface area contributed by atoms with Gasteiger partial charge in [0.05, 0.1) is 17.7 Å². The fourth-order valence-electron chi connectivity index (χ4n) is 1.21. The van der Waals surface area contributed by atoms with Crippen molar-refractivity contribution in [1.29, 1.82) is 5.26 Å². The van der Waals surface area contributed by atoms with Crippen molar-refractivity contribution < 1.29 is 4.74 Å². The zero-order chi connectivity index (χ0) is 12.4. The third-order valence-electron chi connectivity index (χ3n) is 2.29. The molecule has 0 aliphatic rings. The number of azide groups is 1. The van der Waals surface area contributed by atoms with E-state index in [4.69, 9.17) is 15.5 Å². The van der Waals surface area contributed by atoms with Gasteiger partial charge in [0.15, 0.2) is 0 Å². The van der Waals surface area contributed by atoms with E-state index in [1.165, 1.54) is 0 Å². The van der Waals surface area contributed by atoms with Crippen molar-refractivity contribution in [2.45, 2.75) is 38.3 Å². The van der Waals surface area contributed by atoms with Crippen LogP contribution in [-0.2, 0) is 4.74 Å². The van der Waals surface area contributed by atoms with Gasteiger partial charge in [0.1, 0.15) is 0 Å². The average molecular weight is 225 g/mol. The monoisotopic (exact) mass is 225 g/mol. The highest BCUT2D eigenvalue weighted by Crippen LogP contribution is 2.15. The quantitative estimate of drug-likeness (QED) is 0.296. The predicted molar refractivity (Wildman–Crippen MR) is 61.7 cm³/mol. The van der Waals surface area contributed by atoms with E-state index >= 15 is 0 Å². The number of methoxy groups -OCH3 is 1. The fraction of sp³-hybridized carbons (Fsp3) is 0.900. The van der Waals surface area contributed by atoms with Crippen molar-refractivity contribution >= 4 is 0 Å². The van der Waals surface area contributed by atoms with Crippen LogP contribution in [0.3, 0.4) is 0 Å². The topological polar surface area (TPSA) is 93.8 Å². The predicted octanol–water partition coefficient (Wildman–Crippen LogP) is 1.98.